The Morgan fingerprint density at radius 1 is 1.24 bits per heavy atom. The molecule has 0 radical (unpaired) electrons. The van der Waals surface area contributed by atoms with E-state index in [2.05, 4.69) is 42.7 Å². The van der Waals surface area contributed by atoms with Crippen LogP contribution in [0.25, 0.3) is 5.65 Å². The van der Waals surface area contributed by atoms with E-state index in [1.807, 2.05) is 30.5 Å². The molecule has 6 heteroatoms. The molecule has 0 atom stereocenters. The Kier molecular flexibility index (Phi) is 6.54. The van der Waals surface area contributed by atoms with E-state index in [0.717, 1.165) is 29.1 Å². The number of carbonyl (C=O) groups excluding carboxylic acids is 1. The average molecular weight is 395 g/mol. The lowest BCUT2D eigenvalue weighted by Gasteiger charge is -2.15. The number of hydrogen-bond donors (Lipinski definition) is 2. The number of nitrogens with zero attached hydrogens (tertiary/aromatic N) is 2. The van der Waals surface area contributed by atoms with Crippen molar-refractivity contribution in [2.45, 2.75) is 40.7 Å². The Morgan fingerprint density at radius 3 is 2.76 bits per heavy atom. The normalized spacial score (nSPS) is 11.1. The number of benzene rings is 1. The fourth-order valence-electron chi connectivity index (χ4n) is 3.52. The molecule has 0 aliphatic rings. The standard InChI is InChI=1S/C23H30N4O2/c1-6-18-9-7-8-15(2)20(18)13-25-21-12-19(23(28)24-10-11-29-5)14-27-17(4)16(3)26-22(21)27/h7-9,12,14,25H,6,10-11,13H2,1-5H3,(H,24,28). The molecule has 0 aliphatic carbocycles. The van der Waals surface area contributed by atoms with Crippen molar-refractivity contribution in [1.29, 1.82) is 0 Å². The van der Waals surface area contributed by atoms with E-state index in [-0.39, 0.29) is 5.91 Å². The summed E-state index contributed by atoms with van der Waals surface area (Å²) in [5, 5.41) is 6.43. The van der Waals surface area contributed by atoms with E-state index in [1.54, 1.807) is 7.11 Å². The molecule has 6 nitrogen and oxygen atoms in total. The van der Waals surface area contributed by atoms with Crippen molar-refractivity contribution >= 4 is 17.2 Å². The number of amides is 1. The van der Waals surface area contributed by atoms with Gasteiger partial charge in [0.1, 0.15) is 0 Å². The Bertz CT molecular complexity index is 1020. The van der Waals surface area contributed by atoms with Gasteiger partial charge in [-0.1, -0.05) is 25.1 Å². The van der Waals surface area contributed by atoms with E-state index >= 15 is 0 Å². The van der Waals surface area contributed by atoms with Gasteiger partial charge in [0, 0.05) is 32.1 Å². The van der Waals surface area contributed by atoms with Crippen molar-refractivity contribution in [3.05, 3.63) is 64.1 Å². The largest absolute Gasteiger partial charge is 0.383 e. The number of carbonyl (C=O) groups is 1. The zero-order chi connectivity index (χ0) is 21.0. The van der Waals surface area contributed by atoms with Crippen LogP contribution in [0.2, 0.25) is 0 Å². The molecule has 0 saturated heterocycles. The lowest BCUT2D eigenvalue weighted by molar-refractivity contribution is 0.0936. The number of methoxy groups -OCH3 is 1. The molecule has 2 aromatic heterocycles. The SMILES string of the molecule is CCc1cccc(C)c1CNc1cc(C(=O)NCCOC)cn2c(C)c(C)nc12. The van der Waals surface area contributed by atoms with Crippen molar-refractivity contribution in [3.8, 4) is 0 Å². The van der Waals surface area contributed by atoms with Gasteiger partial charge in [-0.2, -0.15) is 0 Å². The van der Waals surface area contributed by atoms with Gasteiger partial charge in [0.25, 0.3) is 5.91 Å². The number of ether oxygens (including phenoxy) is 1. The van der Waals surface area contributed by atoms with Gasteiger partial charge in [0.2, 0.25) is 0 Å². The number of rotatable bonds is 8. The summed E-state index contributed by atoms with van der Waals surface area (Å²) in [7, 11) is 1.62. The highest BCUT2D eigenvalue weighted by Crippen LogP contribution is 2.24. The van der Waals surface area contributed by atoms with E-state index in [9.17, 15) is 4.79 Å². The minimum Gasteiger partial charge on any atom is -0.383 e. The molecular formula is C23H30N4O2. The van der Waals surface area contributed by atoms with Crippen LogP contribution in [-0.4, -0.2) is 35.6 Å². The molecule has 0 aliphatic heterocycles. The second kappa shape index (κ2) is 9.09. The van der Waals surface area contributed by atoms with Crippen LogP contribution in [0.5, 0.6) is 0 Å². The maximum atomic E-state index is 12.6. The molecular weight excluding hydrogens is 364 g/mol. The van der Waals surface area contributed by atoms with Crippen LogP contribution in [0.4, 0.5) is 5.69 Å². The van der Waals surface area contributed by atoms with Crippen LogP contribution < -0.4 is 10.6 Å². The summed E-state index contributed by atoms with van der Waals surface area (Å²) in [6, 6.07) is 8.29. The minimum atomic E-state index is -0.122. The first-order chi connectivity index (χ1) is 14.0. The third-order valence-corrected chi connectivity index (χ3v) is 5.39. The Hall–Kier alpha value is -2.86. The van der Waals surface area contributed by atoms with E-state index in [1.165, 1.54) is 16.7 Å². The Morgan fingerprint density at radius 2 is 2.03 bits per heavy atom. The molecule has 3 aromatic rings. The molecule has 0 saturated carbocycles. The summed E-state index contributed by atoms with van der Waals surface area (Å²) in [6.45, 7) is 9.95. The summed E-state index contributed by atoms with van der Waals surface area (Å²) >= 11 is 0. The zero-order valence-corrected chi connectivity index (χ0v) is 17.9. The predicted molar refractivity (Wildman–Crippen MR) is 117 cm³/mol. The van der Waals surface area contributed by atoms with E-state index < -0.39 is 0 Å². The van der Waals surface area contributed by atoms with E-state index in [4.69, 9.17) is 9.72 Å². The summed E-state index contributed by atoms with van der Waals surface area (Å²) in [6.07, 6.45) is 2.83. The third-order valence-electron chi connectivity index (χ3n) is 5.39. The first-order valence-corrected chi connectivity index (χ1v) is 10.0. The van der Waals surface area contributed by atoms with Crippen LogP contribution in [0.15, 0.2) is 30.5 Å². The smallest absolute Gasteiger partial charge is 0.252 e. The number of imidazole rings is 1. The van der Waals surface area contributed by atoms with E-state index in [0.29, 0.717) is 25.3 Å². The maximum absolute atomic E-state index is 12.6. The second-order valence-electron chi connectivity index (χ2n) is 7.29. The predicted octanol–water partition coefficient (Wildman–Crippen LogP) is 3.81. The molecule has 1 amide bonds. The van der Waals surface area contributed by atoms with Crippen molar-refractivity contribution in [1.82, 2.24) is 14.7 Å². The summed E-state index contributed by atoms with van der Waals surface area (Å²) < 4.78 is 7.01. The lowest BCUT2D eigenvalue weighted by atomic mass is 10.00. The minimum absolute atomic E-state index is 0.122. The van der Waals surface area contributed by atoms with Gasteiger partial charge in [-0.15, -0.1) is 0 Å². The number of pyridine rings is 1. The van der Waals surface area contributed by atoms with Crippen molar-refractivity contribution in [2.75, 3.05) is 25.6 Å². The number of hydrogen-bond acceptors (Lipinski definition) is 4. The quantitative estimate of drug-likeness (QED) is 0.570. The molecule has 0 unspecified atom stereocenters. The monoisotopic (exact) mass is 394 g/mol. The number of fused-ring (bicyclic) bond motifs is 1. The highest BCUT2D eigenvalue weighted by Gasteiger charge is 2.15. The van der Waals surface area contributed by atoms with Crippen LogP contribution in [0.1, 0.15) is 45.4 Å². The molecule has 154 valence electrons. The van der Waals surface area contributed by atoms with Crippen molar-refractivity contribution in [2.24, 2.45) is 0 Å². The number of anilines is 1. The van der Waals surface area contributed by atoms with Crippen LogP contribution in [0, 0.1) is 20.8 Å². The topological polar surface area (TPSA) is 67.7 Å². The highest BCUT2D eigenvalue weighted by molar-refractivity contribution is 5.96. The molecule has 0 bridgehead atoms. The second-order valence-corrected chi connectivity index (χ2v) is 7.29. The number of aromatic nitrogens is 2. The first-order valence-electron chi connectivity index (χ1n) is 10.0. The highest BCUT2D eigenvalue weighted by atomic mass is 16.5. The average Bonchev–Trinajstić information content (AvgIpc) is 3.01. The van der Waals surface area contributed by atoms with Gasteiger partial charge >= 0.3 is 0 Å². The molecule has 2 N–H and O–H groups in total. The first kappa shape index (κ1) is 20.9. The van der Waals surface area contributed by atoms with Gasteiger partial charge in [-0.05, 0) is 49.9 Å². The van der Waals surface area contributed by atoms with Crippen molar-refractivity contribution < 1.29 is 9.53 Å². The Balaban J connectivity index is 1.96. The lowest BCUT2D eigenvalue weighted by Crippen LogP contribution is -2.27. The summed E-state index contributed by atoms with van der Waals surface area (Å²) in [4.78, 5) is 17.3. The summed E-state index contributed by atoms with van der Waals surface area (Å²) in [5.74, 6) is -0.122. The molecule has 0 spiro atoms. The fraction of sp³-hybridized carbons (Fsp3) is 0.391. The molecule has 1 aromatic carbocycles. The number of aryl methyl sites for hydroxylation is 4. The van der Waals surface area contributed by atoms with Gasteiger partial charge < -0.3 is 19.8 Å². The van der Waals surface area contributed by atoms with Crippen LogP contribution >= 0.6 is 0 Å². The van der Waals surface area contributed by atoms with Crippen LogP contribution in [0.3, 0.4) is 0 Å². The van der Waals surface area contributed by atoms with Gasteiger partial charge in [-0.25, -0.2) is 4.98 Å². The zero-order valence-electron chi connectivity index (χ0n) is 17.9. The third kappa shape index (κ3) is 4.43. The molecule has 29 heavy (non-hydrogen) atoms. The fourth-order valence-corrected chi connectivity index (χ4v) is 3.52. The molecule has 0 fully saturated rings. The van der Waals surface area contributed by atoms with Crippen LogP contribution in [-0.2, 0) is 17.7 Å². The summed E-state index contributed by atoms with van der Waals surface area (Å²) in [5.41, 5.74) is 8.15. The van der Waals surface area contributed by atoms with Gasteiger partial charge in [-0.3, -0.25) is 4.79 Å². The Labute approximate surface area is 172 Å². The van der Waals surface area contributed by atoms with Gasteiger partial charge in [0.05, 0.1) is 23.6 Å². The molecule has 3 rings (SSSR count). The van der Waals surface area contributed by atoms with Crippen molar-refractivity contribution in [3.63, 3.8) is 0 Å². The van der Waals surface area contributed by atoms with Gasteiger partial charge in [0.15, 0.2) is 5.65 Å². The maximum Gasteiger partial charge on any atom is 0.252 e. The molecule has 2 heterocycles. The number of nitrogens with one attached hydrogen (secondary N) is 2.